The van der Waals surface area contributed by atoms with Crippen LogP contribution in [-0.2, 0) is 0 Å². The topological polar surface area (TPSA) is 12.4 Å². The fourth-order valence-corrected chi connectivity index (χ4v) is 0.972. The van der Waals surface area contributed by atoms with E-state index in [1.54, 1.807) is 0 Å². The van der Waals surface area contributed by atoms with Gasteiger partial charge < -0.3 is 0 Å². The molecular weight excluding hydrogens is 122 g/mol. The van der Waals surface area contributed by atoms with Crippen LogP contribution in [0.2, 0.25) is 0 Å². The third-order valence-corrected chi connectivity index (χ3v) is 1.61. The molecule has 0 heterocycles. The van der Waals surface area contributed by atoms with E-state index in [-0.39, 0.29) is 0 Å². The number of hydrogen-bond donors (Lipinski definition) is 0. The highest BCUT2D eigenvalue weighted by Crippen LogP contribution is 2.00. The van der Waals surface area contributed by atoms with E-state index in [4.69, 9.17) is 0 Å². The van der Waals surface area contributed by atoms with Gasteiger partial charge >= 0.3 is 0 Å². The standard InChI is InChI=1S/C9H19N/c1-4-7-8-9(5-2)10-6-3/h4-8H2,1-3H3. The van der Waals surface area contributed by atoms with E-state index in [1.165, 1.54) is 25.0 Å². The van der Waals surface area contributed by atoms with Gasteiger partial charge in [-0.2, -0.15) is 0 Å². The van der Waals surface area contributed by atoms with Crippen LogP contribution in [0.15, 0.2) is 4.99 Å². The SMILES string of the molecule is CCCCC(CC)=NCC. The van der Waals surface area contributed by atoms with E-state index in [0.29, 0.717) is 0 Å². The van der Waals surface area contributed by atoms with Crippen LogP contribution in [0, 0.1) is 0 Å². The first kappa shape index (κ1) is 9.67. The van der Waals surface area contributed by atoms with E-state index in [1.807, 2.05) is 0 Å². The fourth-order valence-electron chi connectivity index (χ4n) is 0.972. The largest absolute Gasteiger partial charge is 0.294 e. The fraction of sp³-hybridized carbons (Fsp3) is 0.889. The van der Waals surface area contributed by atoms with Gasteiger partial charge in [0.2, 0.25) is 0 Å². The summed E-state index contributed by atoms with van der Waals surface area (Å²) < 4.78 is 0. The number of nitrogens with zero attached hydrogens (tertiary/aromatic N) is 1. The molecule has 0 amide bonds. The molecule has 0 aromatic heterocycles. The number of aliphatic imine (C=N–C) groups is 1. The molecule has 0 saturated carbocycles. The zero-order chi connectivity index (χ0) is 7.82. The van der Waals surface area contributed by atoms with Crippen molar-refractivity contribution in [1.29, 1.82) is 0 Å². The highest BCUT2D eigenvalue weighted by atomic mass is 14.7. The maximum absolute atomic E-state index is 4.40. The summed E-state index contributed by atoms with van der Waals surface area (Å²) in [6.07, 6.45) is 4.92. The molecule has 0 radical (unpaired) electrons. The van der Waals surface area contributed by atoms with Crippen molar-refractivity contribution in [1.82, 2.24) is 0 Å². The molecule has 0 bridgehead atoms. The molecule has 1 heteroatoms. The molecule has 0 aliphatic heterocycles. The van der Waals surface area contributed by atoms with Crippen LogP contribution in [0.3, 0.4) is 0 Å². The second kappa shape index (κ2) is 6.79. The second-order valence-corrected chi connectivity index (χ2v) is 2.50. The Morgan fingerprint density at radius 2 is 1.90 bits per heavy atom. The monoisotopic (exact) mass is 141 g/mol. The third kappa shape index (κ3) is 4.54. The molecule has 0 aliphatic carbocycles. The van der Waals surface area contributed by atoms with Gasteiger partial charge in [-0.25, -0.2) is 0 Å². The van der Waals surface area contributed by atoms with Crippen LogP contribution in [-0.4, -0.2) is 12.3 Å². The van der Waals surface area contributed by atoms with Crippen LogP contribution < -0.4 is 0 Å². The highest BCUT2D eigenvalue weighted by Gasteiger charge is 1.92. The molecule has 0 spiro atoms. The minimum Gasteiger partial charge on any atom is -0.294 e. The molecule has 0 unspecified atom stereocenters. The lowest BCUT2D eigenvalue weighted by Gasteiger charge is -2.00. The Labute approximate surface area is 64.6 Å². The summed E-state index contributed by atoms with van der Waals surface area (Å²) in [6, 6.07) is 0. The lowest BCUT2D eigenvalue weighted by atomic mass is 10.1. The highest BCUT2D eigenvalue weighted by molar-refractivity contribution is 5.84. The predicted molar refractivity (Wildman–Crippen MR) is 47.8 cm³/mol. The molecule has 0 aromatic carbocycles. The second-order valence-electron chi connectivity index (χ2n) is 2.50. The van der Waals surface area contributed by atoms with E-state index >= 15 is 0 Å². The lowest BCUT2D eigenvalue weighted by molar-refractivity contribution is 0.821. The molecule has 1 nitrogen and oxygen atoms in total. The van der Waals surface area contributed by atoms with E-state index in [9.17, 15) is 0 Å². The molecule has 0 N–H and O–H groups in total. The van der Waals surface area contributed by atoms with Gasteiger partial charge in [0.1, 0.15) is 0 Å². The third-order valence-electron chi connectivity index (χ3n) is 1.61. The minimum atomic E-state index is 0.951. The van der Waals surface area contributed by atoms with Crippen molar-refractivity contribution in [3.63, 3.8) is 0 Å². The summed E-state index contributed by atoms with van der Waals surface area (Å²) in [5, 5.41) is 0. The Morgan fingerprint density at radius 1 is 1.20 bits per heavy atom. The Kier molecular flexibility index (Phi) is 6.56. The molecule has 0 fully saturated rings. The average molecular weight is 141 g/mol. The summed E-state index contributed by atoms with van der Waals surface area (Å²) in [5.74, 6) is 0. The van der Waals surface area contributed by atoms with Crippen LogP contribution in [0.4, 0.5) is 0 Å². The first-order chi connectivity index (χ1) is 4.85. The lowest BCUT2D eigenvalue weighted by Crippen LogP contribution is -1.96. The summed E-state index contributed by atoms with van der Waals surface area (Å²) in [5.41, 5.74) is 1.39. The van der Waals surface area contributed by atoms with Crippen molar-refractivity contribution >= 4 is 5.71 Å². The molecule has 0 atom stereocenters. The summed E-state index contributed by atoms with van der Waals surface area (Å²) in [4.78, 5) is 4.40. The molecular formula is C9H19N. The van der Waals surface area contributed by atoms with Gasteiger partial charge in [0, 0.05) is 12.3 Å². The van der Waals surface area contributed by atoms with Gasteiger partial charge in [0.15, 0.2) is 0 Å². The van der Waals surface area contributed by atoms with Crippen molar-refractivity contribution in [3.05, 3.63) is 0 Å². The Hall–Kier alpha value is -0.330. The maximum atomic E-state index is 4.40. The van der Waals surface area contributed by atoms with Crippen molar-refractivity contribution in [3.8, 4) is 0 Å². The van der Waals surface area contributed by atoms with E-state index < -0.39 is 0 Å². The van der Waals surface area contributed by atoms with Crippen LogP contribution in [0.5, 0.6) is 0 Å². The quantitative estimate of drug-likeness (QED) is 0.522. The van der Waals surface area contributed by atoms with Gasteiger partial charge in [-0.3, -0.25) is 4.99 Å². The Bertz CT molecular complexity index is 94.9. The van der Waals surface area contributed by atoms with Crippen molar-refractivity contribution in [2.75, 3.05) is 6.54 Å². The van der Waals surface area contributed by atoms with Gasteiger partial charge in [-0.1, -0.05) is 20.3 Å². The van der Waals surface area contributed by atoms with E-state index in [2.05, 4.69) is 25.8 Å². The van der Waals surface area contributed by atoms with Gasteiger partial charge in [-0.15, -0.1) is 0 Å². The molecule has 0 saturated heterocycles. The molecule has 0 aliphatic rings. The maximum Gasteiger partial charge on any atom is 0.0360 e. The average Bonchev–Trinajstić information content (AvgIpc) is 1.98. The first-order valence-corrected chi connectivity index (χ1v) is 4.37. The summed E-state index contributed by atoms with van der Waals surface area (Å²) >= 11 is 0. The molecule has 60 valence electrons. The predicted octanol–water partition coefficient (Wildman–Crippen LogP) is 3.05. The van der Waals surface area contributed by atoms with Crippen molar-refractivity contribution in [2.24, 2.45) is 4.99 Å². The van der Waals surface area contributed by atoms with Gasteiger partial charge in [-0.05, 0) is 26.2 Å². The first-order valence-electron chi connectivity index (χ1n) is 4.37. The normalized spacial score (nSPS) is 12.1. The number of unbranched alkanes of at least 4 members (excludes halogenated alkanes) is 1. The van der Waals surface area contributed by atoms with Crippen molar-refractivity contribution < 1.29 is 0 Å². The summed E-state index contributed by atoms with van der Waals surface area (Å²) in [7, 11) is 0. The summed E-state index contributed by atoms with van der Waals surface area (Å²) in [6.45, 7) is 7.46. The van der Waals surface area contributed by atoms with Crippen molar-refractivity contribution in [2.45, 2.75) is 46.5 Å². The Morgan fingerprint density at radius 3 is 2.30 bits per heavy atom. The van der Waals surface area contributed by atoms with Crippen LogP contribution >= 0.6 is 0 Å². The zero-order valence-electron chi connectivity index (χ0n) is 7.48. The Balaban J connectivity index is 3.49. The van der Waals surface area contributed by atoms with Crippen LogP contribution in [0.1, 0.15) is 46.5 Å². The van der Waals surface area contributed by atoms with E-state index in [0.717, 1.165) is 13.0 Å². The van der Waals surface area contributed by atoms with Gasteiger partial charge in [0.25, 0.3) is 0 Å². The smallest absolute Gasteiger partial charge is 0.0360 e. The number of rotatable bonds is 5. The minimum absolute atomic E-state index is 0.951. The number of hydrogen-bond acceptors (Lipinski definition) is 1. The molecule has 0 rings (SSSR count). The van der Waals surface area contributed by atoms with Gasteiger partial charge in [0.05, 0.1) is 0 Å². The zero-order valence-corrected chi connectivity index (χ0v) is 7.48. The molecule has 0 aromatic rings. The molecule has 10 heavy (non-hydrogen) atoms. The van der Waals surface area contributed by atoms with Crippen LogP contribution in [0.25, 0.3) is 0 Å².